The van der Waals surface area contributed by atoms with Crippen molar-refractivity contribution in [1.29, 1.82) is 0 Å². The summed E-state index contributed by atoms with van der Waals surface area (Å²) < 4.78 is 0. The van der Waals surface area contributed by atoms with Gasteiger partial charge in [0.25, 0.3) is 0 Å². The Hall–Kier alpha value is -1.80. The molecule has 3 aromatic rings. The quantitative estimate of drug-likeness (QED) is 0.671. The maximum atomic E-state index is 5.97. The summed E-state index contributed by atoms with van der Waals surface area (Å²) >= 11 is 5.97. The van der Waals surface area contributed by atoms with Crippen LogP contribution in [0.2, 0.25) is 5.02 Å². The predicted molar refractivity (Wildman–Crippen MR) is 84.2 cm³/mol. The number of H-pyrrole nitrogens is 1. The molecule has 0 spiro atoms. The largest absolute Gasteiger partial charge is 0.342 e. The average Bonchev–Trinajstić information content (AvgIpc) is 2.86. The summed E-state index contributed by atoms with van der Waals surface area (Å²) in [7, 11) is 0. The molecule has 0 saturated heterocycles. The molecular weight excluding hydrogens is 268 g/mol. The number of benzene rings is 2. The first-order valence-electron chi connectivity index (χ1n) is 6.99. The van der Waals surface area contributed by atoms with Gasteiger partial charge in [0, 0.05) is 11.4 Å². The molecule has 0 atom stereocenters. The minimum absolute atomic E-state index is 0.747. The van der Waals surface area contributed by atoms with E-state index in [1.807, 2.05) is 18.2 Å². The number of fused-ring (bicyclic) bond motifs is 1. The van der Waals surface area contributed by atoms with Crippen LogP contribution >= 0.6 is 11.6 Å². The molecule has 0 saturated carbocycles. The number of aromatic amines is 1. The molecule has 0 bridgehead atoms. The predicted octanol–water partition coefficient (Wildman–Crippen LogP) is 4.78. The Labute approximate surface area is 123 Å². The minimum Gasteiger partial charge on any atom is -0.342 e. The fourth-order valence-electron chi connectivity index (χ4n) is 2.42. The van der Waals surface area contributed by atoms with Crippen molar-refractivity contribution in [3.05, 3.63) is 64.9 Å². The number of unbranched alkanes of at least 4 members (excludes halogenated alkanes) is 1. The van der Waals surface area contributed by atoms with Crippen molar-refractivity contribution in [3.63, 3.8) is 0 Å². The van der Waals surface area contributed by atoms with Crippen molar-refractivity contribution < 1.29 is 0 Å². The average molecular weight is 285 g/mol. The monoisotopic (exact) mass is 284 g/mol. The highest BCUT2D eigenvalue weighted by molar-refractivity contribution is 6.31. The summed E-state index contributed by atoms with van der Waals surface area (Å²) in [5.41, 5.74) is 3.42. The van der Waals surface area contributed by atoms with E-state index in [9.17, 15) is 0 Å². The van der Waals surface area contributed by atoms with Crippen LogP contribution in [0.3, 0.4) is 0 Å². The van der Waals surface area contributed by atoms with E-state index in [4.69, 9.17) is 11.6 Å². The van der Waals surface area contributed by atoms with Crippen molar-refractivity contribution in [2.24, 2.45) is 0 Å². The zero-order valence-corrected chi connectivity index (χ0v) is 12.0. The number of halogens is 1. The number of nitrogens with one attached hydrogen (secondary N) is 1. The fraction of sp³-hybridized carbons (Fsp3) is 0.235. The summed E-state index contributed by atoms with van der Waals surface area (Å²) in [6, 6.07) is 16.4. The summed E-state index contributed by atoms with van der Waals surface area (Å²) in [6.45, 7) is 0. The number of aryl methyl sites for hydroxylation is 2. The van der Waals surface area contributed by atoms with Gasteiger partial charge in [-0.2, -0.15) is 0 Å². The third kappa shape index (κ3) is 3.20. The van der Waals surface area contributed by atoms with Gasteiger partial charge >= 0.3 is 0 Å². The molecule has 102 valence electrons. The van der Waals surface area contributed by atoms with Crippen molar-refractivity contribution >= 4 is 22.6 Å². The molecule has 0 fully saturated rings. The Balaban J connectivity index is 1.55. The summed E-state index contributed by atoms with van der Waals surface area (Å²) in [5.74, 6) is 1.05. The van der Waals surface area contributed by atoms with Gasteiger partial charge < -0.3 is 4.98 Å². The van der Waals surface area contributed by atoms with Gasteiger partial charge in [-0.25, -0.2) is 4.98 Å². The molecule has 0 radical (unpaired) electrons. The molecule has 2 aromatic carbocycles. The number of hydrogen-bond donors (Lipinski definition) is 1. The normalized spacial score (nSPS) is 11.1. The lowest BCUT2D eigenvalue weighted by molar-refractivity contribution is 0.715. The SMILES string of the molecule is Clc1ccc2nc(CCCCc3ccccc3)[nH]c2c1. The van der Waals surface area contributed by atoms with Crippen LogP contribution in [-0.2, 0) is 12.8 Å². The molecule has 0 amide bonds. The standard InChI is InChI=1S/C17H17ClN2/c18-14-10-11-15-16(12-14)20-17(19-15)9-5-4-8-13-6-2-1-3-7-13/h1-3,6-7,10-12H,4-5,8-9H2,(H,19,20). The van der Waals surface area contributed by atoms with Crippen LogP contribution in [0.4, 0.5) is 0 Å². The van der Waals surface area contributed by atoms with Gasteiger partial charge in [-0.3, -0.25) is 0 Å². The smallest absolute Gasteiger partial charge is 0.107 e. The van der Waals surface area contributed by atoms with Gasteiger partial charge in [-0.05, 0) is 43.0 Å². The van der Waals surface area contributed by atoms with Crippen molar-refractivity contribution in [3.8, 4) is 0 Å². The van der Waals surface area contributed by atoms with Crippen LogP contribution in [0.1, 0.15) is 24.2 Å². The van der Waals surface area contributed by atoms with Gasteiger partial charge in [0.2, 0.25) is 0 Å². The van der Waals surface area contributed by atoms with Gasteiger partial charge in [-0.15, -0.1) is 0 Å². The van der Waals surface area contributed by atoms with E-state index in [0.717, 1.165) is 41.1 Å². The molecule has 0 aliphatic rings. The molecule has 3 heteroatoms. The topological polar surface area (TPSA) is 28.7 Å². The molecule has 20 heavy (non-hydrogen) atoms. The van der Waals surface area contributed by atoms with Crippen LogP contribution in [0, 0.1) is 0 Å². The second-order valence-electron chi connectivity index (χ2n) is 5.04. The van der Waals surface area contributed by atoms with Crippen LogP contribution in [-0.4, -0.2) is 9.97 Å². The van der Waals surface area contributed by atoms with E-state index < -0.39 is 0 Å². The summed E-state index contributed by atoms with van der Waals surface area (Å²) in [5, 5.41) is 0.747. The third-order valence-electron chi connectivity index (χ3n) is 3.46. The Kier molecular flexibility index (Phi) is 4.03. The highest BCUT2D eigenvalue weighted by Crippen LogP contribution is 2.18. The van der Waals surface area contributed by atoms with E-state index >= 15 is 0 Å². The second kappa shape index (κ2) is 6.10. The zero-order chi connectivity index (χ0) is 13.8. The Morgan fingerprint density at radius 1 is 0.950 bits per heavy atom. The van der Waals surface area contributed by atoms with Crippen LogP contribution < -0.4 is 0 Å². The molecule has 1 aromatic heterocycles. The molecule has 3 rings (SSSR count). The van der Waals surface area contributed by atoms with Crippen molar-refractivity contribution in [2.75, 3.05) is 0 Å². The first kappa shape index (κ1) is 13.2. The molecular formula is C17H17ClN2. The van der Waals surface area contributed by atoms with Crippen molar-refractivity contribution in [2.45, 2.75) is 25.7 Å². The van der Waals surface area contributed by atoms with E-state index in [1.54, 1.807) is 0 Å². The maximum absolute atomic E-state index is 5.97. The Morgan fingerprint density at radius 2 is 1.75 bits per heavy atom. The highest BCUT2D eigenvalue weighted by atomic mass is 35.5. The first-order valence-corrected chi connectivity index (χ1v) is 7.37. The Bertz CT molecular complexity index is 689. The molecule has 1 N–H and O–H groups in total. The molecule has 0 aliphatic carbocycles. The number of imidazole rings is 1. The van der Waals surface area contributed by atoms with Gasteiger partial charge in [-0.1, -0.05) is 41.9 Å². The zero-order valence-electron chi connectivity index (χ0n) is 11.3. The fourth-order valence-corrected chi connectivity index (χ4v) is 2.59. The van der Waals surface area contributed by atoms with Crippen LogP contribution in [0.25, 0.3) is 11.0 Å². The van der Waals surface area contributed by atoms with E-state index in [1.165, 1.54) is 12.0 Å². The maximum Gasteiger partial charge on any atom is 0.107 e. The second-order valence-corrected chi connectivity index (χ2v) is 5.47. The number of aromatic nitrogens is 2. The Morgan fingerprint density at radius 3 is 2.60 bits per heavy atom. The van der Waals surface area contributed by atoms with Gasteiger partial charge in [0.05, 0.1) is 11.0 Å². The van der Waals surface area contributed by atoms with E-state index in [2.05, 4.69) is 40.3 Å². The molecule has 0 aliphatic heterocycles. The summed E-state index contributed by atoms with van der Waals surface area (Å²) in [4.78, 5) is 7.92. The van der Waals surface area contributed by atoms with Crippen LogP contribution in [0.15, 0.2) is 48.5 Å². The lowest BCUT2D eigenvalue weighted by atomic mass is 10.1. The molecule has 1 heterocycles. The first-order chi connectivity index (χ1) is 9.81. The molecule has 2 nitrogen and oxygen atoms in total. The molecule has 0 unspecified atom stereocenters. The van der Waals surface area contributed by atoms with E-state index in [0.29, 0.717) is 0 Å². The summed E-state index contributed by atoms with van der Waals surface area (Å²) in [6.07, 6.45) is 4.44. The number of nitrogens with zero attached hydrogens (tertiary/aromatic N) is 1. The number of rotatable bonds is 5. The third-order valence-corrected chi connectivity index (χ3v) is 3.70. The lowest BCUT2D eigenvalue weighted by Gasteiger charge is -2.00. The number of hydrogen-bond acceptors (Lipinski definition) is 1. The van der Waals surface area contributed by atoms with Crippen molar-refractivity contribution in [1.82, 2.24) is 9.97 Å². The highest BCUT2D eigenvalue weighted by Gasteiger charge is 2.03. The van der Waals surface area contributed by atoms with E-state index in [-0.39, 0.29) is 0 Å². The van der Waals surface area contributed by atoms with Crippen LogP contribution in [0.5, 0.6) is 0 Å². The van der Waals surface area contributed by atoms with Gasteiger partial charge in [0.15, 0.2) is 0 Å². The lowest BCUT2D eigenvalue weighted by Crippen LogP contribution is -1.91. The van der Waals surface area contributed by atoms with Gasteiger partial charge in [0.1, 0.15) is 5.82 Å². The minimum atomic E-state index is 0.747.